The van der Waals surface area contributed by atoms with Gasteiger partial charge in [0.2, 0.25) is 11.0 Å². The van der Waals surface area contributed by atoms with Crippen LogP contribution >= 0.6 is 11.3 Å². The van der Waals surface area contributed by atoms with E-state index in [1.807, 2.05) is 44.2 Å². The molecule has 162 valence electrons. The van der Waals surface area contributed by atoms with E-state index in [0.29, 0.717) is 23.0 Å². The van der Waals surface area contributed by atoms with Crippen molar-refractivity contribution in [1.29, 1.82) is 0 Å². The van der Waals surface area contributed by atoms with E-state index in [-0.39, 0.29) is 24.3 Å². The van der Waals surface area contributed by atoms with E-state index in [4.69, 9.17) is 4.74 Å². The van der Waals surface area contributed by atoms with Crippen LogP contribution in [0.4, 0.5) is 5.13 Å². The molecular weight excluding hydrogens is 412 g/mol. The molecule has 1 N–H and O–H groups in total. The number of hydrogen-bond donors (Lipinski definition) is 1. The second-order valence-corrected chi connectivity index (χ2v) is 8.04. The van der Waals surface area contributed by atoms with Gasteiger partial charge >= 0.3 is 0 Å². The van der Waals surface area contributed by atoms with Crippen LogP contribution in [0, 0.1) is 0 Å². The molecule has 31 heavy (non-hydrogen) atoms. The predicted octanol–water partition coefficient (Wildman–Crippen LogP) is 4.48. The van der Waals surface area contributed by atoms with Crippen molar-refractivity contribution in [2.75, 3.05) is 19.0 Å². The van der Waals surface area contributed by atoms with Crippen molar-refractivity contribution < 1.29 is 14.3 Å². The molecule has 0 saturated heterocycles. The molecule has 8 heteroatoms. The lowest BCUT2D eigenvalue weighted by Crippen LogP contribution is -2.40. The molecule has 7 nitrogen and oxygen atoms in total. The number of hydrogen-bond acceptors (Lipinski definition) is 6. The highest BCUT2D eigenvalue weighted by Crippen LogP contribution is 2.26. The molecular formula is C23H26N4O3S. The lowest BCUT2D eigenvalue weighted by atomic mass is 10.1. The highest BCUT2D eigenvalue weighted by molar-refractivity contribution is 7.18. The van der Waals surface area contributed by atoms with Gasteiger partial charge in [0.05, 0.1) is 7.11 Å². The molecule has 1 unspecified atom stereocenters. The van der Waals surface area contributed by atoms with Gasteiger partial charge in [0.25, 0.3) is 5.91 Å². The van der Waals surface area contributed by atoms with Gasteiger partial charge in [-0.1, -0.05) is 54.7 Å². The fourth-order valence-electron chi connectivity index (χ4n) is 3.04. The van der Waals surface area contributed by atoms with E-state index in [2.05, 4.69) is 15.5 Å². The van der Waals surface area contributed by atoms with Gasteiger partial charge in [0.15, 0.2) is 0 Å². The maximum Gasteiger partial charge on any atom is 0.254 e. The van der Waals surface area contributed by atoms with Gasteiger partial charge in [-0.3, -0.25) is 9.59 Å². The minimum atomic E-state index is -0.206. The van der Waals surface area contributed by atoms with Gasteiger partial charge in [-0.25, -0.2) is 0 Å². The molecule has 0 aliphatic rings. The smallest absolute Gasteiger partial charge is 0.254 e. The zero-order valence-electron chi connectivity index (χ0n) is 17.9. The zero-order chi connectivity index (χ0) is 22.2. The topological polar surface area (TPSA) is 84.4 Å². The van der Waals surface area contributed by atoms with Crippen molar-refractivity contribution in [3.63, 3.8) is 0 Å². The molecule has 1 heterocycles. The minimum absolute atomic E-state index is 0.00212. The molecule has 0 aliphatic heterocycles. The van der Waals surface area contributed by atoms with Crippen LogP contribution in [0.3, 0.4) is 0 Å². The molecule has 0 spiro atoms. The van der Waals surface area contributed by atoms with Gasteiger partial charge < -0.3 is 15.0 Å². The molecule has 3 rings (SSSR count). The second-order valence-electron chi connectivity index (χ2n) is 7.06. The summed E-state index contributed by atoms with van der Waals surface area (Å²) in [6, 6.07) is 16.7. The number of amides is 2. The normalized spacial score (nSPS) is 11.6. The zero-order valence-corrected chi connectivity index (χ0v) is 18.7. The molecule has 2 aromatic carbocycles. The first-order chi connectivity index (χ1) is 15.0. The van der Waals surface area contributed by atoms with Crippen LogP contribution in [-0.4, -0.2) is 46.6 Å². The van der Waals surface area contributed by atoms with E-state index in [1.165, 1.54) is 11.3 Å². The van der Waals surface area contributed by atoms with Crippen LogP contribution in [0.1, 0.15) is 37.0 Å². The number of carbonyl (C=O) groups excluding carboxylic acids is 2. The Morgan fingerprint density at radius 1 is 1.13 bits per heavy atom. The number of nitrogens with one attached hydrogen (secondary N) is 1. The summed E-state index contributed by atoms with van der Waals surface area (Å²) >= 11 is 1.32. The summed E-state index contributed by atoms with van der Waals surface area (Å²) in [5.41, 5.74) is 1.49. The molecule has 0 saturated carbocycles. The van der Waals surface area contributed by atoms with Crippen LogP contribution in [0.15, 0.2) is 54.6 Å². The fraction of sp³-hybridized carbons (Fsp3) is 0.304. The maximum atomic E-state index is 13.1. The number of anilines is 1. The first-order valence-electron chi connectivity index (χ1n) is 10.2. The van der Waals surface area contributed by atoms with Gasteiger partial charge in [0.1, 0.15) is 10.8 Å². The summed E-state index contributed by atoms with van der Waals surface area (Å²) < 4.78 is 5.22. The summed E-state index contributed by atoms with van der Waals surface area (Å²) in [6.07, 6.45) is 0.953. The molecule has 3 aromatic rings. The summed E-state index contributed by atoms with van der Waals surface area (Å²) in [5, 5.41) is 12.2. The van der Waals surface area contributed by atoms with Crippen molar-refractivity contribution in [3.05, 3.63) is 60.2 Å². The van der Waals surface area contributed by atoms with Crippen LogP contribution in [0.5, 0.6) is 5.75 Å². The van der Waals surface area contributed by atoms with Crippen molar-refractivity contribution in [2.24, 2.45) is 0 Å². The summed E-state index contributed by atoms with van der Waals surface area (Å²) in [4.78, 5) is 27.3. The predicted molar refractivity (Wildman–Crippen MR) is 122 cm³/mol. The third-order valence-electron chi connectivity index (χ3n) is 4.97. The first kappa shape index (κ1) is 22.4. The van der Waals surface area contributed by atoms with Gasteiger partial charge in [-0.05, 0) is 31.5 Å². The number of carbonyl (C=O) groups is 2. The number of ether oxygens (including phenoxy) is 1. The van der Waals surface area contributed by atoms with Crippen molar-refractivity contribution in [3.8, 4) is 16.3 Å². The van der Waals surface area contributed by atoms with Crippen LogP contribution < -0.4 is 10.1 Å². The summed E-state index contributed by atoms with van der Waals surface area (Å²) in [5.74, 6) is 0.295. The van der Waals surface area contributed by atoms with E-state index in [9.17, 15) is 9.59 Å². The molecule has 1 aromatic heterocycles. The van der Waals surface area contributed by atoms with E-state index in [1.54, 1.807) is 36.3 Å². The van der Waals surface area contributed by atoms with Crippen LogP contribution in [-0.2, 0) is 4.79 Å². The first-order valence-corrected chi connectivity index (χ1v) is 11.0. The average molecular weight is 439 g/mol. The highest BCUT2D eigenvalue weighted by Gasteiger charge is 2.22. The third-order valence-corrected chi connectivity index (χ3v) is 5.86. The standard InChI is InChI=1S/C23H26N4O3S/c1-4-16(2)27(22(29)18-11-8-12-19(15-18)30-3)14-13-20(28)24-23-26-25-21(31-23)17-9-6-5-7-10-17/h5-12,15-16H,4,13-14H2,1-3H3,(H,24,26,28). The maximum absolute atomic E-state index is 13.1. The summed E-state index contributed by atoms with van der Waals surface area (Å²) in [6.45, 7) is 4.30. The largest absolute Gasteiger partial charge is 0.497 e. The Bertz CT molecular complexity index is 1020. The lowest BCUT2D eigenvalue weighted by Gasteiger charge is -2.28. The highest BCUT2D eigenvalue weighted by atomic mass is 32.1. The van der Waals surface area contributed by atoms with E-state index >= 15 is 0 Å². The SMILES string of the molecule is CCC(C)N(CCC(=O)Nc1nnc(-c2ccccc2)s1)C(=O)c1cccc(OC)c1. The monoisotopic (exact) mass is 438 g/mol. The average Bonchev–Trinajstić information content (AvgIpc) is 3.27. The van der Waals surface area contributed by atoms with E-state index in [0.717, 1.165) is 17.0 Å². The molecule has 2 amide bonds. The molecule has 0 fully saturated rings. The number of methoxy groups -OCH3 is 1. The number of benzene rings is 2. The quantitative estimate of drug-likeness (QED) is 0.532. The Kier molecular flexibility index (Phi) is 7.72. The number of aromatic nitrogens is 2. The Hall–Kier alpha value is -3.26. The number of rotatable bonds is 9. The van der Waals surface area contributed by atoms with Crippen molar-refractivity contribution in [1.82, 2.24) is 15.1 Å². The molecule has 0 radical (unpaired) electrons. The van der Waals surface area contributed by atoms with Gasteiger partial charge in [-0.2, -0.15) is 0 Å². The van der Waals surface area contributed by atoms with Crippen LogP contribution in [0.2, 0.25) is 0 Å². The molecule has 0 aliphatic carbocycles. The fourth-order valence-corrected chi connectivity index (χ4v) is 3.80. The molecule has 0 bridgehead atoms. The van der Waals surface area contributed by atoms with Gasteiger partial charge in [0, 0.05) is 30.1 Å². The van der Waals surface area contributed by atoms with Crippen LogP contribution in [0.25, 0.3) is 10.6 Å². The Labute approximate surface area is 186 Å². The Balaban J connectivity index is 1.63. The minimum Gasteiger partial charge on any atom is -0.497 e. The number of nitrogens with zero attached hydrogens (tertiary/aromatic N) is 3. The summed E-state index contributed by atoms with van der Waals surface area (Å²) in [7, 11) is 1.57. The molecule has 1 atom stereocenters. The van der Waals surface area contributed by atoms with Gasteiger partial charge in [-0.15, -0.1) is 10.2 Å². The van der Waals surface area contributed by atoms with E-state index < -0.39 is 0 Å². The lowest BCUT2D eigenvalue weighted by molar-refractivity contribution is -0.116. The second kappa shape index (κ2) is 10.7. The van der Waals surface area contributed by atoms with Crippen molar-refractivity contribution in [2.45, 2.75) is 32.7 Å². The third kappa shape index (κ3) is 5.88. The Morgan fingerprint density at radius 3 is 2.61 bits per heavy atom. The van der Waals surface area contributed by atoms with Crippen molar-refractivity contribution >= 4 is 28.3 Å². The Morgan fingerprint density at radius 2 is 1.90 bits per heavy atom.